The van der Waals surface area contributed by atoms with Gasteiger partial charge in [-0.2, -0.15) is 8.42 Å². The highest BCUT2D eigenvalue weighted by Crippen LogP contribution is 2.29. The number of ether oxygens (including phenoxy) is 1. The minimum atomic E-state index is -4.36. The third-order valence-electron chi connectivity index (χ3n) is 4.54. The molecule has 1 heterocycles. The number of anilines is 2. The number of benzene rings is 2. The summed E-state index contributed by atoms with van der Waals surface area (Å²) in [6, 6.07) is 10.7. The van der Waals surface area contributed by atoms with E-state index in [1.165, 1.54) is 12.1 Å². The van der Waals surface area contributed by atoms with Gasteiger partial charge in [-0.15, -0.1) is 4.40 Å². The maximum Gasteiger partial charge on any atom is 0.343 e. The number of nitrogens with zero attached hydrogens (tertiary/aromatic N) is 1. The Morgan fingerprint density at radius 1 is 1.06 bits per heavy atom. The Morgan fingerprint density at radius 2 is 1.71 bits per heavy atom. The van der Waals surface area contributed by atoms with Gasteiger partial charge in [-0.3, -0.25) is 0 Å². The SMILES string of the molecule is CCOC(=O)C1=C(C)Nc2ccccc2N/C1=N/S(=O)(=O)c1ccc(C)c(C(=O)O)c1. The summed E-state index contributed by atoms with van der Waals surface area (Å²) in [5.74, 6) is -2.24. The zero-order valence-corrected chi connectivity index (χ0v) is 17.9. The highest BCUT2D eigenvalue weighted by molar-refractivity contribution is 7.90. The van der Waals surface area contributed by atoms with E-state index < -0.39 is 22.0 Å². The van der Waals surface area contributed by atoms with E-state index in [4.69, 9.17) is 4.74 Å². The molecule has 0 saturated heterocycles. The number of hydrogen-bond acceptors (Lipinski definition) is 6. The van der Waals surface area contributed by atoms with E-state index >= 15 is 0 Å². The van der Waals surface area contributed by atoms with Gasteiger partial charge in [0.1, 0.15) is 5.57 Å². The molecule has 0 radical (unpaired) electrons. The molecule has 1 aliphatic rings. The second kappa shape index (κ2) is 8.60. The molecular formula is C21H21N3O6S. The molecule has 2 aromatic carbocycles. The Bertz CT molecular complexity index is 1230. The number of sulfonamides is 1. The number of hydrogen-bond donors (Lipinski definition) is 3. The third-order valence-corrected chi connectivity index (χ3v) is 5.82. The van der Waals surface area contributed by atoms with Crippen LogP contribution < -0.4 is 10.6 Å². The van der Waals surface area contributed by atoms with Crippen LogP contribution in [0.2, 0.25) is 0 Å². The molecule has 0 unspecified atom stereocenters. The lowest BCUT2D eigenvalue weighted by atomic mass is 10.1. The normalized spacial score (nSPS) is 14.9. The second-order valence-electron chi connectivity index (χ2n) is 6.71. The summed E-state index contributed by atoms with van der Waals surface area (Å²) in [6.07, 6.45) is 0. The number of aryl methyl sites for hydroxylation is 1. The fourth-order valence-corrected chi connectivity index (χ4v) is 4.01. The Balaban J connectivity index is 2.18. The molecule has 9 nitrogen and oxygen atoms in total. The number of carboxylic acids is 1. The van der Waals surface area contributed by atoms with E-state index in [0.29, 0.717) is 22.6 Å². The lowest BCUT2D eigenvalue weighted by molar-refractivity contribution is -0.137. The number of nitrogens with one attached hydrogen (secondary N) is 2. The van der Waals surface area contributed by atoms with Gasteiger partial charge in [-0.1, -0.05) is 18.2 Å². The number of aromatic carboxylic acids is 1. The van der Waals surface area contributed by atoms with Crippen molar-refractivity contribution in [1.82, 2.24) is 0 Å². The van der Waals surface area contributed by atoms with Crippen LogP contribution in [0.1, 0.15) is 29.8 Å². The molecule has 3 rings (SSSR count). The first-order valence-corrected chi connectivity index (χ1v) is 10.8. The standard InChI is InChI=1S/C21H21N3O6S/c1-4-30-21(27)18-13(3)22-16-7-5-6-8-17(16)23-19(18)24-31(28,29)14-10-9-12(2)15(11-14)20(25)26/h5-11,22H,4H2,1-3H3,(H,23,24)(H,25,26). The van der Waals surface area contributed by atoms with Gasteiger partial charge in [0.2, 0.25) is 0 Å². The molecule has 0 bridgehead atoms. The van der Waals surface area contributed by atoms with Crippen molar-refractivity contribution < 1.29 is 27.9 Å². The first-order valence-electron chi connectivity index (χ1n) is 9.34. The van der Waals surface area contributed by atoms with Gasteiger partial charge in [-0.25, -0.2) is 9.59 Å². The van der Waals surface area contributed by atoms with Crippen LogP contribution in [0, 0.1) is 6.92 Å². The monoisotopic (exact) mass is 443 g/mol. The summed E-state index contributed by atoms with van der Waals surface area (Å²) < 4.78 is 35.0. The van der Waals surface area contributed by atoms with Crippen molar-refractivity contribution >= 4 is 39.2 Å². The Hall–Kier alpha value is -3.66. The molecule has 1 aliphatic heterocycles. The molecule has 31 heavy (non-hydrogen) atoms. The maximum atomic E-state index is 13.0. The minimum Gasteiger partial charge on any atom is -0.478 e. The second-order valence-corrected chi connectivity index (χ2v) is 8.32. The van der Waals surface area contributed by atoms with Crippen LogP contribution in [-0.4, -0.2) is 37.9 Å². The molecule has 0 amide bonds. The fraction of sp³-hybridized carbons (Fsp3) is 0.190. The zero-order valence-electron chi connectivity index (χ0n) is 17.1. The van der Waals surface area contributed by atoms with Gasteiger partial charge in [0.25, 0.3) is 10.0 Å². The zero-order chi connectivity index (χ0) is 22.8. The smallest absolute Gasteiger partial charge is 0.343 e. The predicted octanol–water partition coefficient (Wildman–Crippen LogP) is 3.16. The number of esters is 1. The Labute approximate surface area is 179 Å². The van der Waals surface area contributed by atoms with Gasteiger partial charge >= 0.3 is 11.9 Å². The average molecular weight is 443 g/mol. The van der Waals surface area contributed by atoms with Crippen LogP contribution in [0.25, 0.3) is 0 Å². The number of carbonyl (C=O) groups is 2. The number of fused-ring (bicyclic) bond motifs is 1. The largest absolute Gasteiger partial charge is 0.478 e. The maximum absolute atomic E-state index is 13.0. The quantitative estimate of drug-likeness (QED) is 0.600. The summed E-state index contributed by atoms with van der Waals surface area (Å²) in [7, 11) is -4.36. The summed E-state index contributed by atoms with van der Waals surface area (Å²) in [6.45, 7) is 4.88. The molecule has 0 atom stereocenters. The van der Waals surface area contributed by atoms with Crippen LogP contribution >= 0.6 is 0 Å². The lowest BCUT2D eigenvalue weighted by Crippen LogP contribution is -2.25. The number of allylic oxidation sites excluding steroid dienone is 1. The van der Waals surface area contributed by atoms with Crippen molar-refractivity contribution in [2.45, 2.75) is 25.7 Å². The van der Waals surface area contributed by atoms with E-state index in [-0.39, 0.29) is 28.5 Å². The predicted molar refractivity (Wildman–Crippen MR) is 116 cm³/mol. The summed E-state index contributed by atoms with van der Waals surface area (Å²) >= 11 is 0. The van der Waals surface area contributed by atoms with E-state index in [2.05, 4.69) is 15.0 Å². The van der Waals surface area contributed by atoms with E-state index in [1.54, 1.807) is 45.0 Å². The molecule has 0 fully saturated rings. The van der Waals surface area contributed by atoms with E-state index in [1.807, 2.05) is 0 Å². The number of carbonyl (C=O) groups excluding carboxylic acids is 1. The summed E-state index contributed by atoms with van der Waals surface area (Å²) in [4.78, 5) is 23.7. The first-order chi connectivity index (χ1) is 14.6. The lowest BCUT2D eigenvalue weighted by Gasteiger charge is -2.12. The highest BCUT2D eigenvalue weighted by Gasteiger charge is 2.28. The average Bonchev–Trinajstić information content (AvgIpc) is 2.82. The van der Waals surface area contributed by atoms with Crippen LogP contribution in [0.5, 0.6) is 0 Å². The molecule has 162 valence electrons. The van der Waals surface area contributed by atoms with Crippen LogP contribution in [-0.2, 0) is 19.6 Å². The summed E-state index contributed by atoms with van der Waals surface area (Å²) in [5, 5.41) is 15.3. The van der Waals surface area contributed by atoms with Crippen molar-refractivity contribution in [3.8, 4) is 0 Å². The van der Waals surface area contributed by atoms with Crippen LogP contribution in [0.3, 0.4) is 0 Å². The van der Waals surface area contributed by atoms with Gasteiger partial charge in [0.05, 0.1) is 28.4 Å². The molecule has 3 N–H and O–H groups in total. The van der Waals surface area contributed by atoms with E-state index in [9.17, 15) is 23.1 Å². The first kappa shape index (κ1) is 22.0. The summed E-state index contributed by atoms with van der Waals surface area (Å²) in [5.41, 5.74) is 1.65. The fourth-order valence-electron chi connectivity index (χ4n) is 3.02. The van der Waals surface area contributed by atoms with E-state index in [0.717, 1.165) is 6.07 Å². The number of rotatable bonds is 5. The molecule has 0 saturated carbocycles. The van der Waals surface area contributed by atoms with Gasteiger partial charge in [0.15, 0.2) is 5.84 Å². The minimum absolute atomic E-state index is 0.0767. The number of para-hydroxylation sites is 2. The number of carboxylic acid groups (broad SMARTS) is 1. The Morgan fingerprint density at radius 3 is 2.32 bits per heavy atom. The van der Waals surface area contributed by atoms with Gasteiger partial charge < -0.3 is 20.5 Å². The van der Waals surface area contributed by atoms with Crippen molar-refractivity contribution in [3.05, 3.63) is 64.9 Å². The highest BCUT2D eigenvalue weighted by atomic mass is 32.2. The van der Waals surface area contributed by atoms with Crippen LogP contribution in [0.15, 0.2) is 63.0 Å². The van der Waals surface area contributed by atoms with Gasteiger partial charge in [-0.05, 0) is 50.6 Å². The van der Waals surface area contributed by atoms with Crippen molar-refractivity contribution in [3.63, 3.8) is 0 Å². The molecule has 0 spiro atoms. The molecule has 0 aromatic heterocycles. The third kappa shape index (κ3) is 4.58. The van der Waals surface area contributed by atoms with Gasteiger partial charge in [0, 0.05) is 5.70 Å². The topological polar surface area (TPSA) is 134 Å². The number of amidine groups is 1. The molecule has 10 heteroatoms. The molecule has 2 aromatic rings. The van der Waals surface area contributed by atoms with Crippen molar-refractivity contribution in [1.29, 1.82) is 0 Å². The molecule has 0 aliphatic carbocycles. The molecular weight excluding hydrogens is 422 g/mol. The Kier molecular flexibility index (Phi) is 6.11. The van der Waals surface area contributed by atoms with Crippen molar-refractivity contribution in [2.24, 2.45) is 4.40 Å². The van der Waals surface area contributed by atoms with Crippen molar-refractivity contribution in [2.75, 3.05) is 17.2 Å². The van der Waals surface area contributed by atoms with Crippen LogP contribution in [0.4, 0.5) is 11.4 Å².